The molecule has 3 aromatic rings. The first-order valence-electron chi connectivity index (χ1n) is 11.1. The third-order valence-corrected chi connectivity index (χ3v) is 5.71. The summed E-state index contributed by atoms with van der Waals surface area (Å²) in [4.78, 5) is 35.2. The zero-order chi connectivity index (χ0) is 23.5. The van der Waals surface area contributed by atoms with E-state index in [2.05, 4.69) is 15.3 Å². The van der Waals surface area contributed by atoms with Crippen molar-refractivity contribution in [3.63, 3.8) is 0 Å². The number of fused-ring (bicyclic) bond motifs is 2. The van der Waals surface area contributed by atoms with Crippen LogP contribution in [0, 0.1) is 0 Å². The number of cyclic esters (lactones) is 1. The molecule has 0 spiro atoms. The van der Waals surface area contributed by atoms with E-state index in [0.717, 1.165) is 16.6 Å². The summed E-state index contributed by atoms with van der Waals surface area (Å²) in [6.07, 6.45) is 1.69. The first kappa shape index (κ1) is 21.7. The lowest BCUT2D eigenvalue weighted by Crippen LogP contribution is -2.38. The van der Waals surface area contributed by atoms with Gasteiger partial charge in [0.2, 0.25) is 5.88 Å². The molecule has 34 heavy (non-hydrogen) atoms. The van der Waals surface area contributed by atoms with Gasteiger partial charge in [-0.2, -0.15) is 0 Å². The number of methoxy groups -OCH3 is 1. The van der Waals surface area contributed by atoms with Gasteiger partial charge in [0, 0.05) is 24.9 Å². The van der Waals surface area contributed by atoms with Gasteiger partial charge in [-0.1, -0.05) is 0 Å². The molecule has 10 nitrogen and oxygen atoms in total. The summed E-state index contributed by atoms with van der Waals surface area (Å²) in [6, 6.07) is 10.8. The monoisotopic (exact) mass is 464 g/mol. The van der Waals surface area contributed by atoms with Crippen LogP contribution >= 0.6 is 0 Å². The molecule has 0 unspecified atom stereocenters. The predicted molar refractivity (Wildman–Crippen MR) is 122 cm³/mol. The zero-order valence-corrected chi connectivity index (χ0v) is 18.7. The quantitative estimate of drug-likeness (QED) is 0.531. The van der Waals surface area contributed by atoms with Gasteiger partial charge in [0.05, 0.1) is 30.4 Å². The number of anilines is 1. The topological polar surface area (TPSA) is 112 Å². The molecular formula is C24H24N4O6. The molecule has 1 N–H and O–H groups in total. The lowest BCUT2D eigenvalue weighted by Gasteiger charge is -2.20. The number of carbonyl (C=O) groups excluding carboxylic acids is 2. The average molecular weight is 464 g/mol. The second-order valence-electron chi connectivity index (χ2n) is 7.90. The van der Waals surface area contributed by atoms with E-state index in [9.17, 15) is 9.59 Å². The number of amides is 2. The van der Waals surface area contributed by atoms with Crippen molar-refractivity contribution in [1.29, 1.82) is 0 Å². The van der Waals surface area contributed by atoms with Crippen LogP contribution in [0.15, 0.2) is 42.6 Å². The van der Waals surface area contributed by atoms with Gasteiger partial charge in [0.15, 0.2) is 17.6 Å². The molecule has 10 heteroatoms. The van der Waals surface area contributed by atoms with Crippen LogP contribution in [0.4, 0.5) is 10.5 Å². The second-order valence-corrected chi connectivity index (χ2v) is 7.90. The van der Waals surface area contributed by atoms with Gasteiger partial charge in [-0.05, 0) is 42.7 Å². The van der Waals surface area contributed by atoms with Gasteiger partial charge < -0.3 is 24.3 Å². The van der Waals surface area contributed by atoms with E-state index in [-0.39, 0.29) is 12.5 Å². The van der Waals surface area contributed by atoms with Crippen molar-refractivity contribution in [2.45, 2.75) is 18.9 Å². The number of aryl methyl sites for hydroxylation is 1. The van der Waals surface area contributed by atoms with Crippen molar-refractivity contribution < 1.29 is 28.5 Å². The Bertz CT molecular complexity index is 1230. The van der Waals surface area contributed by atoms with E-state index in [4.69, 9.17) is 18.9 Å². The number of hydrogen-bond acceptors (Lipinski definition) is 8. The van der Waals surface area contributed by atoms with Crippen molar-refractivity contribution >= 4 is 28.7 Å². The van der Waals surface area contributed by atoms with Crippen LogP contribution in [0.3, 0.4) is 0 Å². The Hall–Kier alpha value is -4.08. The maximum atomic E-state index is 12.6. The Kier molecular flexibility index (Phi) is 6.03. The molecule has 0 bridgehead atoms. The maximum Gasteiger partial charge on any atom is 0.415 e. The molecule has 5 rings (SSSR count). The van der Waals surface area contributed by atoms with Crippen LogP contribution in [0.2, 0.25) is 0 Å². The Labute approximate surface area is 195 Å². The number of aromatic nitrogens is 2. The normalized spacial score (nSPS) is 16.9. The van der Waals surface area contributed by atoms with E-state index in [1.165, 1.54) is 4.90 Å². The van der Waals surface area contributed by atoms with Gasteiger partial charge in [-0.3, -0.25) is 14.7 Å². The van der Waals surface area contributed by atoms with Crippen LogP contribution in [0.25, 0.3) is 11.0 Å². The summed E-state index contributed by atoms with van der Waals surface area (Å²) in [5, 5.41) is 2.86. The molecule has 4 heterocycles. The van der Waals surface area contributed by atoms with Gasteiger partial charge in [-0.25, -0.2) is 9.78 Å². The minimum absolute atomic E-state index is 0.128. The number of hydrogen-bond donors (Lipinski definition) is 1. The van der Waals surface area contributed by atoms with Crippen molar-refractivity contribution in [1.82, 2.24) is 15.3 Å². The summed E-state index contributed by atoms with van der Waals surface area (Å²) in [7, 11) is 1.57. The van der Waals surface area contributed by atoms with E-state index >= 15 is 0 Å². The Morgan fingerprint density at radius 1 is 1.18 bits per heavy atom. The van der Waals surface area contributed by atoms with Crippen LogP contribution in [0.5, 0.6) is 17.4 Å². The molecule has 1 atom stereocenters. The van der Waals surface area contributed by atoms with Gasteiger partial charge in [0.1, 0.15) is 13.2 Å². The van der Waals surface area contributed by atoms with Crippen LogP contribution in [0.1, 0.15) is 12.0 Å². The number of pyridine rings is 2. The van der Waals surface area contributed by atoms with E-state index in [1.54, 1.807) is 37.6 Å². The molecule has 176 valence electrons. The number of nitrogens with zero attached hydrogens (tertiary/aromatic N) is 3. The largest absolute Gasteiger partial charge is 0.486 e. The smallest absolute Gasteiger partial charge is 0.415 e. The summed E-state index contributed by atoms with van der Waals surface area (Å²) >= 11 is 0. The number of carbonyl (C=O) groups is 2. The molecule has 1 saturated heterocycles. The summed E-state index contributed by atoms with van der Waals surface area (Å²) < 4.78 is 21.6. The molecule has 2 aromatic heterocycles. The molecule has 0 radical (unpaired) electrons. The summed E-state index contributed by atoms with van der Waals surface area (Å²) in [5.74, 6) is 1.40. The average Bonchev–Trinajstić information content (AvgIpc) is 3.27. The van der Waals surface area contributed by atoms with E-state index in [0.29, 0.717) is 55.7 Å². The second kappa shape index (κ2) is 9.42. The number of benzene rings is 1. The molecule has 2 amide bonds. The fourth-order valence-electron chi connectivity index (χ4n) is 3.99. The Morgan fingerprint density at radius 3 is 2.88 bits per heavy atom. The standard InChI is InChI=1S/C24H24N4O6/c1-31-21-7-5-17-22(27-21)15(8-10-25-17)3-2-9-26-23(29)20-14-28(24(30)34-20)16-4-6-18-19(13-16)33-12-11-32-18/h4-8,10,13,20H,2-3,9,11-12,14H2,1H3,(H,26,29)/t20-/m0/s1. The molecule has 0 aliphatic carbocycles. The third kappa shape index (κ3) is 4.39. The van der Waals surface area contributed by atoms with Crippen LogP contribution in [-0.2, 0) is 16.0 Å². The van der Waals surface area contributed by atoms with Gasteiger partial charge in [0.25, 0.3) is 5.91 Å². The number of nitrogens with one attached hydrogen (secondary N) is 1. The fourth-order valence-corrected chi connectivity index (χ4v) is 3.99. The van der Waals surface area contributed by atoms with E-state index in [1.807, 2.05) is 12.1 Å². The molecule has 1 fully saturated rings. The third-order valence-electron chi connectivity index (χ3n) is 5.71. The predicted octanol–water partition coefficient (Wildman–Crippen LogP) is 2.48. The number of rotatable bonds is 7. The highest BCUT2D eigenvalue weighted by atomic mass is 16.6. The lowest BCUT2D eigenvalue weighted by molar-refractivity contribution is -0.127. The fraction of sp³-hybridized carbons (Fsp3) is 0.333. The summed E-state index contributed by atoms with van der Waals surface area (Å²) in [5.41, 5.74) is 3.19. The SMILES string of the molecule is COc1ccc2nccc(CCCNC(=O)[C@@H]3CN(c4ccc5c(c4)OCCO5)C(=O)O3)c2n1. The Morgan fingerprint density at radius 2 is 2.03 bits per heavy atom. The molecule has 2 aliphatic heterocycles. The van der Waals surface area contributed by atoms with E-state index < -0.39 is 12.2 Å². The zero-order valence-electron chi connectivity index (χ0n) is 18.7. The molecule has 1 aromatic carbocycles. The van der Waals surface area contributed by atoms with Crippen molar-refractivity contribution in [3.05, 3.63) is 48.2 Å². The Balaban J connectivity index is 1.15. The van der Waals surface area contributed by atoms with Crippen molar-refractivity contribution in [2.75, 3.05) is 38.3 Å². The minimum Gasteiger partial charge on any atom is -0.486 e. The highest BCUT2D eigenvalue weighted by Gasteiger charge is 2.37. The van der Waals surface area contributed by atoms with Gasteiger partial charge >= 0.3 is 6.09 Å². The minimum atomic E-state index is -0.881. The van der Waals surface area contributed by atoms with Gasteiger partial charge in [-0.15, -0.1) is 0 Å². The van der Waals surface area contributed by atoms with Crippen LogP contribution in [-0.4, -0.2) is 61.5 Å². The first-order chi connectivity index (χ1) is 16.6. The molecule has 2 aliphatic rings. The number of ether oxygens (including phenoxy) is 4. The van der Waals surface area contributed by atoms with Crippen LogP contribution < -0.4 is 24.4 Å². The highest BCUT2D eigenvalue weighted by Crippen LogP contribution is 2.35. The lowest BCUT2D eigenvalue weighted by atomic mass is 10.1. The van der Waals surface area contributed by atoms with Crippen molar-refractivity contribution in [3.8, 4) is 17.4 Å². The molecule has 0 saturated carbocycles. The maximum absolute atomic E-state index is 12.6. The summed E-state index contributed by atoms with van der Waals surface area (Å²) in [6.45, 7) is 1.50. The molecular weight excluding hydrogens is 440 g/mol. The highest BCUT2D eigenvalue weighted by molar-refractivity contribution is 5.95. The van der Waals surface area contributed by atoms with Crippen molar-refractivity contribution in [2.24, 2.45) is 0 Å². The first-order valence-corrected chi connectivity index (χ1v) is 11.1.